The van der Waals surface area contributed by atoms with Crippen molar-refractivity contribution in [2.75, 3.05) is 48.0 Å². The molecular formula is C25H35N3O6. The monoisotopic (exact) mass is 473 g/mol. The quantitative estimate of drug-likeness (QED) is 0.648. The van der Waals surface area contributed by atoms with Crippen LogP contribution < -0.4 is 4.74 Å². The Morgan fingerprint density at radius 2 is 1.79 bits per heavy atom. The summed E-state index contributed by atoms with van der Waals surface area (Å²) in [5.41, 5.74) is 0.552. The molecule has 2 amide bonds. The summed E-state index contributed by atoms with van der Waals surface area (Å²) in [5, 5.41) is 9.66. The maximum Gasteiger partial charge on any atom is 0.257 e. The number of nitriles is 1. The molecule has 9 nitrogen and oxygen atoms in total. The number of rotatable bonds is 2. The van der Waals surface area contributed by atoms with Crippen LogP contribution in [0.4, 0.5) is 0 Å². The van der Waals surface area contributed by atoms with E-state index in [2.05, 4.69) is 6.07 Å². The van der Waals surface area contributed by atoms with Crippen molar-refractivity contribution in [1.82, 2.24) is 9.80 Å². The van der Waals surface area contributed by atoms with Gasteiger partial charge in [-0.05, 0) is 31.4 Å². The van der Waals surface area contributed by atoms with E-state index in [-0.39, 0.29) is 60.2 Å². The van der Waals surface area contributed by atoms with Crippen molar-refractivity contribution in [2.24, 2.45) is 5.92 Å². The van der Waals surface area contributed by atoms with Crippen molar-refractivity contribution in [3.05, 3.63) is 29.3 Å². The second-order valence-electron chi connectivity index (χ2n) is 9.05. The molecule has 34 heavy (non-hydrogen) atoms. The molecule has 0 unspecified atom stereocenters. The Morgan fingerprint density at radius 1 is 1.06 bits per heavy atom. The molecule has 5 atom stereocenters. The lowest BCUT2D eigenvalue weighted by Gasteiger charge is -2.37. The van der Waals surface area contributed by atoms with Crippen molar-refractivity contribution in [2.45, 2.75) is 50.6 Å². The van der Waals surface area contributed by atoms with Gasteiger partial charge in [-0.3, -0.25) is 9.59 Å². The van der Waals surface area contributed by atoms with Gasteiger partial charge >= 0.3 is 0 Å². The number of likely N-dealkylation sites (N-methyl/N-ethyl adjacent to an activating group) is 1. The topological polar surface area (TPSA) is 101 Å². The van der Waals surface area contributed by atoms with E-state index in [1.807, 2.05) is 6.92 Å². The zero-order chi connectivity index (χ0) is 24.8. The largest absolute Gasteiger partial charge is 0.489 e. The van der Waals surface area contributed by atoms with E-state index < -0.39 is 12.0 Å². The molecule has 0 spiro atoms. The molecule has 0 saturated carbocycles. The van der Waals surface area contributed by atoms with E-state index in [9.17, 15) is 14.9 Å². The van der Waals surface area contributed by atoms with Crippen LogP contribution in [0, 0.1) is 17.2 Å². The summed E-state index contributed by atoms with van der Waals surface area (Å²) in [6.07, 6.45) is 1.25. The highest BCUT2D eigenvalue weighted by molar-refractivity contribution is 5.97. The predicted molar refractivity (Wildman–Crippen MR) is 125 cm³/mol. The van der Waals surface area contributed by atoms with Gasteiger partial charge in [0.15, 0.2) is 0 Å². The van der Waals surface area contributed by atoms with Crippen LogP contribution in [0.1, 0.15) is 42.1 Å². The van der Waals surface area contributed by atoms with E-state index in [1.54, 1.807) is 44.3 Å². The Kier molecular flexibility index (Phi) is 8.89. The molecule has 3 rings (SSSR count). The van der Waals surface area contributed by atoms with E-state index in [1.165, 1.54) is 12.0 Å². The van der Waals surface area contributed by atoms with Crippen molar-refractivity contribution in [3.8, 4) is 11.8 Å². The number of amides is 2. The number of carbonyl (C=O) groups excluding carboxylic acids is 2. The summed E-state index contributed by atoms with van der Waals surface area (Å²) >= 11 is 0. The first kappa shape index (κ1) is 25.9. The van der Waals surface area contributed by atoms with E-state index in [0.29, 0.717) is 13.0 Å². The number of nitrogens with zero attached hydrogens (tertiary/aromatic N) is 3. The summed E-state index contributed by atoms with van der Waals surface area (Å²) in [7, 11) is 6.61. The summed E-state index contributed by atoms with van der Waals surface area (Å²) in [6.45, 7) is 2.72. The molecule has 9 heteroatoms. The third kappa shape index (κ3) is 5.69. The number of carbonyl (C=O) groups is 2. The maximum absolute atomic E-state index is 13.4. The van der Waals surface area contributed by atoms with Gasteiger partial charge in [0.25, 0.3) is 5.91 Å². The second kappa shape index (κ2) is 11.6. The lowest BCUT2D eigenvalue weighted by atomic mass is 9.98. The van der Waals surface area contributed by atoms with Crippen molar-refractivity contribution in [1.29, 1.82) is 5.26 Å². The van der Waals surface area contributed by atoms with Gasteiger partial charge in [0.05, 0.1) is 35.4 Å². The van der Waals surface area contributed by atoms with Crippen LogP contribution in [0.2, 0.25) is 0 Å². The molecule has 2 bridgehead atoms. The fourth-order valence-corrected chi connectivity index (χ4v) is 4.63. The predicted octanol–water partition coefficient (Wildman–Crippen LogP) is 2.08. The molecule has 0 radical (unpaired) electrons. The summed E-state index contributed by atoms with van der Waals surface area (Å²) in [4.78, 5) is 29.7. The second-order valence-corrected chi connectivity index (χ2v) is 9.05. The average molecular weight is 474 g/mol. The van der Waals surface area contributed by atoms with Gasteiger partial charge < -0.3 is 28.7 Å². The third-order valence-corrected chi connectivity index (χ3v) is 6.83. The summed E-state index contributed by atoms with van der Waals surface area (Å²) < 4.78 is 23.6. The molecule has 2 aliphatic rings. The van der Waals surface area contributed by atoms with E-state index >= 15 is 0 Å². The summed E-state index contributed by atoms with van der Waals surface area (Å²) in [5.74, 6) is -0.582. The number of para-hydroxylation sites is 1. The standard InChI is InChI=1S/C25H35N3O6/c1-16-21(32-5)14-28(3)25(30)19-8-6-7-17(13-26)23(19)33-15-22-20(31-4)10-9-18(34-22)11-12-27(2)24(16)29/h6-8,16,18,20-22H,9-12,14-15H2,1-5H3/t16-,18+,20+,21-,22+/m1/s1. The minimum Gasteiger partial charge on any atom is -0.489 e. The fourth-order valence-electron chi connectivity index (χ4n) is 4.63. The molecule has 1 aromatic carbocycles. The number of methoxy groups -OCH3 is 2. The number of benzene rings is 1. The Labute approximate surface area is 201 Å². The van der Waals surface area contributed by atoms with Gasteiger partial charge in [0, 0.05) is 41.4 Å². The minimum absolute atomic E-state index is 0.0441. The molecule has 1 aromatic rings. The van der Waals surface area contributed by atoms with Gasteiger partial charge in [-0.25, -0.2) is 0 Å². The van der Waals surface area contributed by atoms with Gasteiger partial charge in [-0.15, -0.1) is 0 Å². The first-order chi connectivity index (χ1) is 16.3. The minimum atomic E-state index is -0.488. The molecule has 1 saturated heterocycles. The molecule has 0 aromatic heterocycles. The Hall–Kier alpha value is -2.67. The van der Waals surface area contributed by atoms with Crippen LogP contribution in [-0.4, -0.2) is 94.0 Å². The molecule has 2 aliphatic heterocycles. The number of ether oxygens (including phenoxy) is 4. The fraction of sp³-hybridized carbons (Fsp3) is 0.640. The zero-order valence-corrected chi connectivity index (χ0v) is 20.7. The highest BCUT2D eigenvalue weighted by Crippen LogP contribution is 2.29. The molecule has 2 heterocycles. The molecule has 186 valence electrons. The Bertz CT molecular complexity index is 916. The SMILES string of the molecule is CO[C@H]1CC[C@H]2CCN(C)C(=O)[C@H](C)[C@H](OC)CN(C)C(=O)c3cccc(C#N)c3OC[C@@H]1O2. The first-order valence-corrected chi connectivity index (χ1v) is 11.7. The van der Waals surface area contributed by atoms with E-state index in [4.69, 9.17) is 18.9 Å². The highest BCUT2D eigenvalue weighted by atomic mass is 16.6. The van der Waals surface area contributed by atoms with Crippen LogP contribution in [-0.2, 0) is 19.0 Å². The Balaban J connectivity index is 1.98. The summed E-state index contributed by atoms with van der Waals surface area (Å²) in [6, 6.07) is 7.04. The first-order valence-electron chi connectivity index (χ1n) is 11.7. The van der Waals surface area contributed by atoms with Crippen molar-refractivity contribution < 1.29 is 28.5 Å². The van der Waals surface area contributed by atoms with Gasteiger partial charge in [-0.2, -0.15) is 5.26 Å². The normalized spacial score (nSPS) is 29.2. The average Bonchev–Trinajstić information content (AvgIpc) is 2.86. The molecule has 0 aliphatic carbocycles. The van der Waals surface area contributed by atoms with Crippen molar-refractivity contribution in [3.63, 3.8) is 0 Å². The van der Waals surface area contributed by atoms with Gasteiger partial charge in [0.1, 0.15) is 24.5 Å². The van der Waals surface area contributed by atoms with Crippen LogP contribution in [0.5, 0.6) is 5.75 Å². The number of hydrogen-bond acceptors (Lipinski definition) is 7. The lowest BCUT2D eigenvalue weighted by Crippen LogP contribution is -2.47. The van der Waals surface area contributed by atoms with Crippen LogP contribution in [0.25, 0.3) is 0 Å². The van der Waals surface area contributed by atoms with Gasteiger partial charge in [0.2, 0.25) is 5.91 Å². The van der Waals surface area contributed by atoms with Crippen LogP contribution >= 0.6 is 0 Å². The number of fused-ring (bicyclic) bond motifs is 3. The van der Waals surface area contributed by atoms with Gasteiger partial charge in [-0.1, -0.05) is 13.0 Å². The smallest absolute Gasteiger partial charge is 0.257 e. The molecule has 0 N–H and O–H groups in total. The van der Waals surface area contributed by atoms with Crippen LogP contribution in [0.3, 0.4) is 0 Å². The van der Waals surface area contributed by atoms with E-state index in [0.717, 1.165) is 12.8 Å². The number of hydrogen-bond donors (Lipinski definition) is 0. The van der Waals surface area contributed by atoms with Crippen molar-refractivity contribution >= 4 is 11.8 Å². The lowest BCUT2D eigenvalue weighted by molar-refractivity contribution is -0.147. The maximum atomic E-state index is 13.4. The van der Waals surface area contributed by atoms with Crippen LogP contribution in [0.15, 0.2) is 18.2 Å². The third-order valence-electron chi connectivity index (χ3n) is 6.83. The highest BCUT2D eigenvalue weighted by Gasteiger charge is 2.34. The zero-order valence-electron chi connectivity index (χ0n) is 20.7. The Morgan fingerprint density at radius 3 is 2.47 bits per heavy atom. The molecular weight excluding hydrogens is 438 g/mol. The molecule has 1 fully saturated rings.